The molecule has 0 aliphatic heterocycles. The topological polar surface area (TPSA) is 0 Å². The summed E-state index contributed by atoms with van der Waals surface area (Å²) in [6, 6.07) is 20.4. The Balaban J connectivity index is 2.02. The molecule has 0 N–H and O–H groups in total. The Bertz CT molecular complexity index is 1280. The zero-order chi connectivity index (χ0) is 30.1. The Labute approximate surface area is 245 Å². The molecule has 0 spiro atoms. The summed E-state index contributed by atoms with van der Waals surface area (Å²) in [6.45, 7) is 27.3. The molecule has 3 rings (SSSR count). The van der Waals surface area contributed by atoms with Crippen LogP contribution in [-0.2, 0) is 21.7 Å². The third kappa shape index (κ3) is 8.35. The van der Waals surface area contributed by atoms with E-state index in [-0.39, 0.29) is 21.7 Å². The van der Waals surface area contributed by atoms with Gasteiger partial charge in [-0.3, -0.25) is 0 Å². The lowest BCUT2D eigenvalue weighted by atomic mass is 9.79. The van der Waals surface area contributed by atoms with E-state index in [0.29, 0.717) is 0 Å². The summed E-state index contributed by atoms with van der Waals surface area (Å²) >= 11 is 0. The summed E-state index contributed by atoms with van der Waals surface area (Å²) in [6.07, 6.45) is 14.7. The molecule has 0 aliphatic rings. The minimum atomic E-state index is 0.0857. The highest BCUT2D eigenvalue weighted by Crippen LogP contribution is 2.32. The first-order chi connectivity index (χ1) is 18.3. The minimum absolute atomic E-state index is 0.0857. The first-order valence-electron chi connectivity index (χ1n) is 14.6. The summed E-state index contributed by atoms with van der Waals surface area (Å²) in [4.78, 5) is 0. The fourth-order valence-electron chi connectivity index (χ4n) is 4.57. The summed E-state index contributed by atoms with van der Waals surface area (Å²) in [5.74, 6) is 2.85. The van der Waals surface area contributed by atoms with E-state index >= 15 is 0 Å². The van der Waals surface area contributed by atoms with E-state index in [9.17, 15) is 0 Å². The van der Waals surface area contributed by atoms with Crippen molar-refractivity contribution >= 4 is 24.3 Å². The van der Waals surface area contributed by atoms with Crippen LogP contribution in [0.5, 0.6) is 0 Å². The quantitative estimate of drug-likeness (QED) is 0.232. The van der Waals surface area contributed by atoms with Gasteiger partial charge >= 0.3 is 0 Å². The van der Waals surface area contributed by atoms with E-state index in [1.165, 1.54) is 33.4 Å². The van der Waals surface area contributed by atoms with Crippen LogP contribution in [0.15, 0.2) is 54.6 Å². The molecular weight excluding hydrogens is 480 g/mol. The Kier molecular flexibility index (Phi) is 8.82. The Morgan fingerprint density at radius 1 is 0.400 bits per heavy atom. The largest absolute Gasteiger partial charge is 0.115 e. The van der Waals surface area contributed by atoms with Crippen molar-refractivity contribution in [2.24, 2.45) is 0 Å². The molecule has 0 amide bonds. The molecule has 0 atom stereocenters. The SMILES string of the molecule is C#Cc1cc(C=Cc2cc(C(C)(C)C)cc(C(C)(C)C)c2)cc(C=Cc2cc(C(C)(C)C)cc(C(C)(C)C)c2)c1. The third-order valence-corrected chi connectivity index (χ3v) is 7.46. The van der Waals surface area contributed by atoms with Crippen molar-refractivity contribution in [1.82, 2.24) is 0 Å². The number of rotatable bonds is 4. The highest BCUT2D eigenvalue weighted by atomic mass is 14.3. The molecule has 210 valence electrons. The van der Waals surface area contributed by atoms with Crippen LogP contribution in [0.25, 0.3) is 24.3 Å². The number of hydrogen-bond donors (Lipinski definition) is 0. The average Bonchev–Trinajstić information content (AvgIpc) is 2.83. The van der Waals surface area contributed by atoms with E-state index in [1.807, 2.05) is 0 Å². The minimum Gasteiger partial charge on any atom is -0.115 e. The number of terminal acetylenes is 1. The van der Waals surface area contributed by atoms with Gasteiger partial charge in [0, 0.05) is 5.56 Å². The van der Waals surface area contributed by atoms with Crippen LogP contribution in [0.4, 0.5) is 0 Å². The second-order valence-electron chi connectivity index (χ2n) is 15.4. The van der Waals surface area contributed by atoms with Gasteiger partial charge in [0.15, 0.2) is 0 Å². The van der Waals surface area contributed by atoms with Gasteiger partial charge in [-0.2, -0.15) is 0 Å². The number of benzene rings is 3. The van der Waals surface area contributed by atoms with Gasteiger partial charge < -0.3 is 0 Å². The van der Waals surface area contributed by atoms with Crippen molar-refractivity contribution in [3.05, 3.63) is 105 Å². The van der Waals surface area contributed by atoms with Crippen molar-refractivity contribution in [3.8, 4) is 12.3 Å². The first kappa shape index (κ1) is 31.2. The lowest BCUT2D eigenvalue weighted by Crippen LogP contribution is -2.16. The van der Waals surface area contributed by atoms with Gasteiger partial charge in [-0.15, -0.1) is 6.42 Å². The van der Waals surface area contributed by atoms with E-state index in [1.54, 1.807) is 0 Å². The maximum atomic E-state index is 5.87. The van der Waals surface area contributed by atoms with E-state index in [0.717, 1.165) is 16.7 Å². The molecule has 0 bridgehead atoms. The van der Waals surface area contributed by atoms with Crippen LogP contribution in [-0.4, -0.2) is 0 Å². The molecule has 0 nitrogen and oxygen atoms in total. The molecule has 3 aromatic carbocycles. The van der Waals surface area contributed by atoms with Crippen LogP contribution in [0.1, 0.15) is 133 Å². The lowest BCUT2D eigenvalue weighted by molar-refractivity contribution is 0.568. The summed E-state index contributed by atoms with van der Waals surface area (Å²) in [5, 5.41) is 0. The Hall–Kier alpha value is -3.30. The van der Waals surface area contributed by atoms with Gasteiger partial charge in [0.05, 0.1) is 0 Å². The molecule has 0 fully saturated rings. The lowest BCUT2D eigenvalue weighted by Gasteiger charge is -2.25. The molecule has 0 radical (unpaired) electrons. The molecule has 40 heavy (non-hydrogen) atoms. The highest BCUT2D eigenvalue weighted by molar-refractivity contribution is 5.76. The second-order valence-corrected chi connectivity index (χ2v) is 15.4. The zero-order valence-corrected chi connectivity index (χ0v) is 27.1. The molecule has 0 aliphatic carbocycles. The summed E-state index contributed by atoms with van der Waals surface area (Å²) < 4.78 is 0. The van der Waals surface area contributed by atoms with Crippen molar-refractivity contribution in [2.75, 3.05) is 0 Å². The first-order valence-corrected chi connectivity index (χ1v) is 14.6. The second kappa shape index (κ2) is 11.3. The molecule has 0 saturated carbocycles. The van der Waals surface area contributed by atoms with Gasteiger partial charge in [0.1, 0.15) is 0 Å². The molecule has 0 heteroatoms. The Morgan fingerprint density at radius 2 is 0.650 bits per heavy atom. The normalized spacial score (nSPS) is 13.3. The van der Waals surface area contributed by atoms with Gasteiger partial charge in [0.25, 0.3) is 0 Å². The predicted octanol–water partition coefficient (Wildman–Crippen LogP) is 11.2. The Morgan fingerprint density at radius 3 is 0.875 bits per heavy atom. The zero-order valence-electron chi connectivity index (χ0n) is 27.1. The number of hydrogen-bond acceptors (Lipinski definition) is 0. The van der Waals surface area contributed by atoms with E-state index in [2.05, 4.69) is 168 Å². The van der Waals surface area contributed by atoms with E-state index < -0.39 is 0 Å². The van der Waals surface area contributed by atoms with Crippen molar-refractivity contribution in [1.29, 1.82) is 0 Å². The van der Waals surface area contributed by atoms with Crippen LogP contribution >= 0.6 is 0 Å². The fourth-order valence-corrected chi connectivity index (χ4v) is 4.57. The van der Waals surface area contributed by atoms with Crippen LogP contribution in [0.3, 0.4) is 0 Å². The third-order valence-electron chi connectivity index (χ3n) is 7.46. The average molecular weight is 531 g/mol. The highest BCUT2D eigenvalue weighted by Gasteiger charge is 2.21. The van der Waals surface area contributed by atoms with Crippen molar-refractivity contribution < 1.29 is 0 Å². The maximum Gasteiger partial charge on any atom is 0.0254 e. The summed E-state index contributed by atoms with van der Waals surface area (Å²) in [7, 11) is 0. The fraction of sp³-hybridized carbons (Fsp3) is 0.400. The van der Waals surface area contributed by atoms with Crippen LogP contribution in [0.2, 0.25) is 0 Å². The molecular formula is C40H50. The molecule has 0 saturated heterocycles. The van der Waals surface area contributed by atoms with E-state index in [4.69, 9.17) is 6.42 Å². The monoisotopic (exact) mass is 530 g/mol. The van der Waals surface area contributed by atoms with Gasteiger partial charge in [-0.1, -0.05) is 150 Å². The van der Waals surface area contributed by atoms with Gasteiger partial charge in [-0.05, 0) is 84.4 Å². The molecule has 3 aromatic rings. The summed E-state index contributed by atoms with van der Waals surface area (Å²) in [5.41, 5.74) is 11.3. The standard InChI is InChI=1S/C40H50/c1-14-28-19-29(15-17-31-22-33(37(2,3)4)26-34(23-31)38(5,6)7)21-30(20-28)16-18-32-24-35(39(8,9)10)27-36(25-32)40(11,12)13/h1,15-27H,2-13H3. The van der Waals surface area contributed by atoms with Crippen LogP contribution in [0, 0.1) is 12.3 Å². The van der Waals surface area contributed by atoms with Gasteiger partial charge in [-0.25, -0.2) is 0 Å². The van der Waals surface area contributed by atoms with Crippen LogP contribution < -0.4 is 0 Å². The van der Waals surface area contributed by atoms with Crippen molar-refractivity contribution in [3.63, 3.8) is 0 Å². The van der Waals surface area contributed by atoms with Gasteiger partial charge in [0.2, 0.25) is 0 Å². The predicted molar refractivity (Wildman–Crippen MR) is 180 cm³/mol. The molecule has 0 heterocycles. The molecule has 0 aromatic heterocycles. The van der Waals surface area contributed by atoms with Crippen molar-refractivity contribution in [2.45, 2.75) is 105 Å². The maximum absolute atomic E-state index is 5.87. The smallest absolute Gasteiger partial charge is 0.0254 e. The molecule has 0 unspecified atom stereocenters.